The van der Waals surface area contributed by atoms with Gasteiger partial charge in [0.1, 0.15) is 11.6 Å². The number of hydrogen-bond acceptors (Lipinski definition) is 1. The molecule has 17 heavy (non-hydrogen) atoms. The molecule has 0 amide bonds. The van der Waals surface area contributed by atoms with Crippen LogP contribution in [-0.4, -0.2) is 0 Å². The van der Waals surface area contributed by atoms with Gasteiger partial charge in [0.25, 0.3) is 0 Å². The molecule has 90 valence electrons. The molecule has 0 aliphatic rings. The minimum Gasteiger partial charge on any atom is -0.207 e. The summed E-state index contributed by atoms with van der Waals surface area (Å²) in [7, 11) is 0. The largest absolute Gasteiger partial charge is 0.207 e. The van der Waals surface area contributed by atoms with E-state index in [-0.39, 0.29) is 12.0 Å². The van der Waals surface area contributed by atoms with E-state index in [2.05, 4.69) is 0 Å². The third-order valence-electron chi connectivity index (χ3n) is 2.68. The maximum absolute atomic E-state index is 13.5. The van der Waals surface area contributed by atoms with Gasteiger partial charge in [-0.3, -0.25) is 0 Å². The first-order valence-electron chi connectivity index (χ1n) is 5.19. The van der Waals surface area contributed by atoms with Gasteiger partial charge >= 0.3 is 0 Å². The highest BCUT2D eigenvalue weighted by molar-refractivity contribution is 7.08. The second kappa shape index (κ2) is 5.15. The van der Waals surface area contributed by atoms with Crippen molar-refractivity contribution in [2.45, 2.75) is 18.7 Å². The number of hydrogen-bond donors (Lipinski definition) is 0. The zero-order valence-corrected chi connectivity index (χ0v) is 10.8. The van der Waals surface area contributed by atoms with Crippen LogP contribution in [0.3, 0.4) is 0 Å². The Morgan fingerprint density at radius 2 is 1.88 bits per heavy atom. The number of thiophene rings is 1. The van der Waals surface area contributed by atoms with Crippen LogP contribution < -0.4 is 0 Å². The lowest BCUT2D eigenvalue weighted by atomic mass is 10.0. The zero-order valence-electron chi connectivity index (χ0n) is 9.21. The predicted molar refractivity (Wildman–Crippen MR) is 67.7 cm³/mol. The van der Waals surface area contributed by atoms with Gasteiger partial charge < -0.3 is 0 Å². The SMILES string of the molecule is Cc1cscc1C(Cl)Cc1c(F)cccc1F. The standard InChI is InChI=1S/C13H11ClF2S/c1-8-6-17-7-10(8)11(14)5-9-12(15)3-2-4-13(9)16/h2-4,6-7,11H,5H2,1H3. The average Bonchev–Trinajstić information content (AvgIpc) is 2.70. The second-order valence-electron chi connectivity index (χ2n) is 3.88. The maximum atomic E-state index is 13.5. The van der Waals surface area contributed by atoms with Gasteiger partial charge in [-0.1, -0.05) is 6.07 Å². The molecule has 0 spiro atoms. The highest BCUT2D eigenvalue weighted by Crippen LogP contribution is 2.31. The Balaban J connectivity index is 2.25. The molecule has 0 radical (unpaired) electrons. The molecular weight excluding hydrogens is 262 g/mol. The van der Waals surface area contributed by atoms with Gasteiger partial charge in [0.15, 0.2) is 0 Å². The second-order valence-corrected chi connectivity index (χ2v) is 5.15. The van der Waals surface area contributed by atoms with Crippen LogP contribution in [0, 0.1) is 18.6 Å². The van der Waals surface area contributed by atoms with Crippen LogP contribution in [-0.2, 0) is 6.42 Å². The van der Waals surface area contributed by atoms with Crippen molar-refractivity contribution < 1.29 is 8.78 Å². The Hall–Kier alpha value is -0.930. The minimum atomic E-state index is -0.538. The molecule has 0 nitrogen and oxygen atoms in total. The van der Waals surface area contributed by atoms with E-state index in [1.54, 1.807) is 11.3 Å². The summed E-state index contributed by atoms with van der Waals surface area (Å²) in [6.07, 6.45) is 0.164. The molecule has 1 atom stereocenters. The molecular formula is C13H11ClF2S. The molecule has 2 rings (SSSR count). The average molecular weight is 273 g/mol. The fraction of sp³-hybridized carbons (Fsp3) is 0.231. The summed E-state index contributed by atoms with van der Waals surface area (Å²) in [5.41, 5.74) is 2.06. The highest BCUT2D eigenvalue weighted by atomic mass is 35.5. The first kappa shape index (κ1) is 12.5. The summed E-state index contributed by atoms with van der Waals surface area (Å²) in [6.45, 7) is 1.94. The normalized spacial score (nSPS) is 12.7. The van der Waals surface area contributed by atoms with Gasteiger partial charge in [-0.05, 0) is 47.4 Å². The Bertz CT molecular complexity index is 502. The molecule has 0 fully saturated rings. The van der Waals surface area contributed by atoms with Crippen molar-refractivity contribution in [3.05, 3.63) is 57.3 Å². The first-order chi connectivity index (χ1) is 8.09. The van der Waals surface area contributed by atoms with Crippen molar-refractivity contribution in [3.63, 3.8) is 0 Å². The molecule has 0 saturated carbocycles. The van der Waals surface area contributed by atoms with E-state index in [1.807, 2.05) is 17.7 Å². The van der Waals surface area contributed by atoms with E-state index in [1.165, 1.54) is 18.2 Å². The summed E-state index contributed by atoms with van der Waals surface area (Å²) in [4.78, 5) is 0. The molecule has 2 aromatic rings. The number of rotatable bonds is 3. The number of benzene rings is 1. The van der Waals surface area contributed by atoms with E-state index in [0.29, 0.717) is 0 Å². The summed E-state index contributed by atoms with van der Waals surface area (Å²) in [6, 6.07) is 3.86. The van der Waals surface area contributed by atoms with Crippen LogP contribution in [0.4, 0.5) is 8.78 Å². The molecule has 0 N–H and O–H groups in total. The topological polar surface area (TPSA) is 0 Å². The molecule has 1 aromatic carbocycles. The zero-order chi connectivity index (χ0) is 12.4. The molecule has 1 unspecified atom stereocenters. The fourth-order valence-electron chi connectivity index (χ4n) is 1.71. The van der Waals surface area contributed by atoms with E-state index in [0.717, 1.165) is 11.1 Å². The summed E-state index contributed by atoms with van der Waals surface area (Å²) >= 11 is 7.75. The number of aryl methyl sites for hydroxylation is 1. The Kier molecular flexibility index (Phi) is 3.79. The van der Waals surface area contributed by atoms with Crippen molar-refractivity contribution in [3.8, 4) is 0 Å². The van der Waals surface area contributed by atoms with Gasteiger partial charge in [-0.2, -0.15) is 11.3 Å². The van der Waals surface area contributed by atoms with Crippen molar-refractivity contribution in [2.75, 3.05) is 0 Å². The Labute approximate surface area is 108 Å². The van der Waals surface area contributed by atoms with Gasteiger partial charge in [-0.25, -0.2) is 8.78 Å². The fourth-order valence-corrected chi connectivity index (χ4v) is 3.08. The quantitative estimate of drug-likeness (QED) is 0.700. The monoisotopic (exact) mass is 272 g/mol. The predicted octanol–water partition coefficient (Wildman–Crippen LogP) is 4.86. The van der Waals surface area contributed by atoms with Crippen LogP contribution in [0.25, 0.3) is 0 Å². The minimum absolute atomic E-state index is 0.0538. The summed E-state index contributed by atoms with van der Waals surface area (Å²) < 4.78 is 26.9. The molecule has 0 bridgehead atoms. The van der Waals surface area contributed by atoms with Crippen molar-refractivity contribution in [1.29, 1.82) is 0 Å². The summed E-state index contributed by atoms with van der Waals surface area (Å²) in [5, 5.41) is 3.50. The van der Waals surface area contributed by atoms with Gasteiger partial charge in [0, 0.05) is 5.56 Å². The van der Waals surface area contributed by atoms with E-state index in [9.17, 15) is 8.78 Å². The van der Waals surface area contributed by atoms with E-state index in [4.69, 9.17) is 11.6 Å². The first-order valence-corrected chi connectivity index (χ1v) is 6.57. The lowest BCUT2D eigenvalue weighted by Gasteiger charge is -2.11. The Morgan fingerprint density at radius 1 is 1.24 bits per heavy atom. The Morgan fingerprint density at radius 3 is 2.41 bits per heavy atom. The molecule has 0 saturated heterocycles. The highest BCUT2D eigenvalue weighted by Gasteiger charge is 2.17. The van der Waals surface area contributed by atoms with Crippen LogP contribution in [0.1, 0.15) is 22.1 Å². The smallest absolute Gasteiger partial charge is 0.129 e. The lowest BCUT2D eigenvalue weighted by molar-refractivity contribution is 0.553. The van der Waals surface area contributed by atoms with Crippen molar-refractivity contribution >= 4 is 22.9 Å². The third kappa shape index (κ3) is 2.67. The molecule has 0 aliphatic heterocycles. The van der Waals surface area contributed by atoms with Crippen LogP contribution in [0.15, 0.2) is 29.0 Å². The van der Waals surface area contributed by atoms with Crippen molar-refractivity contribution in [2.24, 2.45) is 0 Å². The number of halogens is 3. The van der Waals surface area contributed by atoms with Gasteiger partial charge in [0.2, 0.25) is 0 Å². The van der Waals surface area contributed by atoms with E-state index < -0.39 is 17.0 Å². The van der Waals surface area contributed by atoms with Gasteiger partial charge in [0.05, 0.1) is 5.38 Å². The third-order valence-corrected chi connectivity index (χ3v) is 3.95. The van der Waals surface area contributed by atoms with Crippen LogP contribution in [0.5, 0.6) is 0 Å². The van der Waals surface area contributed by atoms with Crippen LogP contribution in [0.2, 0.25) is 0 Å². The van der Waals surface area contributed by atoms with Gasteiger partial charge in [-0.15, -0.1) is 11.6 Å². The van der Waals surface area contributed by atoms with E-state index >= 15 is 0 Å². The number of alkyl halides is 1. The lowest BCUT2D eigenvalue weighted by Crippen LogP contribution is -2.01. The molecule has 0 aliphatic carbocycles. The molecule has 1 aromatic heterocycles. The molecule has 1 heterocycles. The van der Waals surface area contributed by atoms with Crippen LogP contribution >= 0.6 is 22.9 Å². The maximum Gasteiger partial charge on any atom is 0.129 e. The molecule has 4 heteroatoms. The van der Waals surface area contributed by atoms with Crippen molar-refractivity contribution in [1.82, 2.24) is 0 Å². The summed E-state index contributed by atoms with van der Waals surface area (Å²) in [5.74, 6) is -1.08.